The lowest BCUT2D eigenvalue weighted by Gasteiger charge is -2.15. The number of para-hydroxylation sites is 1. The summed E-state index contributed by atoms with van der Waals surface area (Å²) < 4.78 is 0. The van der Waals surface area contributed by atoms with Gasteiger partial charge in [-0.1, -0.05) is 56.3 Å². The molecule has 4 heteroatoms. The smallest absolute Gasteiger partial charge is 0.193 e. The van der Waals surface area contributed by atoms with Gasteiger partial charge in [0.15, 0.2) is 5.96 Å². The minimum Gasteiger partial charge on any atom is -0.370 e. The Kier molecular flexibility index (Phi) is 7.02. The summed E-state index contributed by atoms with van der Waals surface area (Å²) in [4.78, 5) is 6.66. The number of nitrogens with one attached hydrogen (secondary N) is 1. The highest BCUT2D eigenvalue weighted by molar-refractivity contribution is 5.93. The van der Waals surface area contributed by atoms with Crippen molar-refractivity contribution in [3.8, 4) is 0 Å². The average molecular weight is 338 g/mol. The lowest BCUT2D eigenvalue weighted by molar-refractivity contribution is 0.402. The zero-order chi connectivity index (χ0) is 18.2. The highest BCUT2D eigenvalue weighted by atomic mass is 15.1. The highest BCUT2D eigenvalue weighted by Gasteiger charge is 2.07. The van der Waals surface area contributed by atoms with Crippen LogP contribution in [0.2, 0.25) is 0 Å². The third-order valence-corrected chi connectivity index (χ3v) is 4.21. The summed E-state index contributed by atoms with van der Waals surface area (Å²) in [7, 11) is 4.15. The fourth-order valence-corrected chi connectivity index (χ4v) is 2.86. The molecular weight excluding hydrogens is 308 g/mol. The van der Waals surface area contributed by atoms with Gasteiger partial charge in [-0.15, -0.1) is 0 Å². The van der Waals surface area contributed by atoms with E-state index in [1.54, 1.807) is 0 Å². The Hall–Kier alpha value is -2.33. The van der Waals surface area contributed by atoms with Gasteiger partial charge in [0.25, 0.3) is 0 Å². The van der Waals surface area contributed by atoms with Crippen molar-refractivity contribution in [1.29, 1.82) is 0 Å². The van der Waals surface area contributed by atoms with Gasteiger partial charge in [-0.3, -0.25) is 0 Å². The van der Waals surface area contributed by atoms with Crippen LogP contribution in [0.4, 0.5) is 5.69 Å². The second-order valence-corrected chi connectivity index (χ2v) is 6.54. The molecule has 0 aromatic heterocycles. The second kappa shape index (κ2) is 9.23. The Morgan fingerprint density at radius 2 is 1.52 bits per heavy atom. The van der Waals surface area contributed by atoms with E-state index in [4.69, 9.17) is 5.73 Å². The van der Waals surface area contributed by atoms with Crippen LogP contribution in [-0.2, 0) is 25.9 Å². The molecule has 0 bridgehead atoms. The molecule has 4 nitrogen and oxygen atoms in total. The first kappa shape index (κ1) is 19.0. The van der Waals surface area contributed by atoms with E-state index in [0.717, 1.165) is 30.6 Å². The molecule has 0 aliphatic heterocycles. The summed E-state index contributed by atoms with van der Waals surface area (Å²) in [5.41, 5.74) is 12.2. The van der Waals surface area contributed by atoms with E-state index in [2.05, 4.69) is 85.6 Å². The number of aliphatic imine (C=N–C) groups is 1. The van der Waals surface area contributed by atoms with Crippen LogP contribution in [-0.4, -0.2) is 25.0 Å². The first-order valence-electron chi connectivity index (χ1n) is 8.93. The molecule has 0 spiro atoms. The summed E-state index contributed by atoms with van der Waals surface area (Å²) in [6.45, 7) is 5.84. The predicted octanol–water partition coefficient (Wildman–Crippen LogP) is 3.80. The summed E-state index contributed by atoms with van der Waals surface area (Å²) in [5, 5.41) is 3.31. The highest BCUT2D eigenvalue weighted by Crippen LogP contribution is 2.22. The summed E-state index contributed by atoms with van der Waals surface area (Å²) in [6, 6.07) is 14.9. The van der Waals surface area contributed by atoms with Crippen molar-refractivity contribution in [2.75, 3.05) is 19.4 Å². The van der Waals surface area contributed by atoms with Gasteiger partial charge in [0.2, 0.25) is 0 Å². The molecule has 0 atom stereocenters. The number of rotatable bonds is 7. The molecule has 0 radical (unpaired) electrons. The van der Waals surface area contributed by atoms with Crippen LogP contribution in [0, 0.1) is 0 Å². The number of nitrogens with zero attached hydrogens (tertiary/aromatic N) is 2. The zero-order valence-electron chi connectivity index (χ0n) is 15.8. The summed E-state index contributed by atoms with van der Waals surface area (Å²) >= 11 is 0. The van der Waals surface area contributed by atoms with Gasteiger partial charge in [-0.05, 0) is 49.2 Å². The zero-order valence-corrected chi connectivity index (χ0v) is 15.8. The maximum Gasteiger partial charge on any atom is 0.193 e. The molecule has 0 aliphatic carbocycles. The number of guanidine groups is 1. The third kappa shape index (κ3) is 5.61. The van der Waals surface area contributed by atoms with Crippen LogP contribution >= 0.6 is 0 Å². The monoisotopic (exact) mass is 338 g/mol. The largest absolute Gasteiger partial charge is 0.370 e. The van der Waals surface area contributed by atoms with E-state index in [0.29, 0.717) is 12.5 Å². The lowest BCUT2D eigenvalue weighted by atomic mass is 10.0. The van der Waals surface area contributed by atoms with Gasteiger partial charge in [0.05, 0.1) is 6.54 Å². The number of aryl methyl sites for hydroxylation is 2. The quantitative estimate of drug-likeness (QED) is 0.596. The van der Waals surface area contributed by atoms with Gasteiger partial charge in [-0.2, -0.15) is 0 Å². The number of nitrogens with two attached hydrogens (primary N) is 1. The number of hydrogen-bond donors (Lipinski definition) is 2. The van der Waals surface area contributed by atoms with E-state index >= 15 is 0 Å². The lowest BCUT2D eigenvalue weighted by Crippen LogP contribution is -2.24. The Morgan fingerprint density at radius 3 is 2.04 bits per heavy atom. The normalized spacial score (nSPS) is 11.8. The molecule has 0 saturated carbocycles. The van der Waals surface area contributed by atoms with Crippen LogP contribution < -0.4 is 11.1 Å². The Balaban J connectivity index is 2.05. The Labute approximate surface area is 151 Å². The molecule has 0 heterocycles. The fourth-order valence-electron chi connectivity index (χ4n) is 2.86. The average Bonchev–Trinajstić information content (AvgIpc) is 2.60. The van der Waals surface area contributed by atoms with Gasteiger partial charge in [0, 0.05) is 12.2 Å². The van der Waals surface area contributed by atoms with Crippen LogP contribution in [0.5, 0.6) is 0 Å². The summed E-state index contributed by atoms with van der Waals surface area (Å²) in [5.74, 6) is 0.466. The van der Waals surface area contributed by atoms with Gasteiger partial charge < -0.3 is 16.0 Å². The predicted molar refractivity (Wildman–Crippen MR) is 108 cm³/mol. The SMILES string of the molecule is CCc1cccc(CC)c1NC(N)=NCc1ccc(CN(C)C)cc1. The number of hydrogen-bond acceptors (Lipinski definition) is 2. The molecule has 2 aromatic rings. The third-order valence-electron chi connectivity index (χ3n) is 4.21. The van der Waals surface area contributed by atoms with E-state index in [1.165, 1.54) is 16.7 Å². The van der Waals surface area contributed by atoms with E-state index in [9.17, 15) is 0 Å². The Bertz CT molecular complexity index is 680. The molecule has 2 aromatic carbocycles. The van der Waals surface area contributed by atoms with Gasteiger partial charge in [0.1, 0.15) is 0 Å². The van der Waals surface area contributed by atoms with E-state index in [-0.39, 0.29) is 0 Å². The van der Waals surface area contributed by atoms with E-state index < -0.39 is 0 Å². The molecule has 3 N–H and O–H groups in total. The van der Waals surface area contributed by atoms with Crippen molar-refractivity contribution in [2.45, 2.75) is 39.8 Å². The molecule has 0 unspecified atom stereocenters. The summed E-state index contributed by atoms with van der Waals surface area (Å²) in [6.07, 6.45) is 1.94. The molecular formula is C21H30N4. The minimum absolute atomic E-state index is 0.466. The van der Waals surface area contributed by atoms with Crippen LogP contribution in [0.1, 0.15) is 36.1 Å². The fraction of sp³-hybridized carbons (Fsp3) is 0.381. The number of anilines is 1. The van der Waals surface area contributed by atoms with Crippen molar-refractivity contribution in [2.24, 2.45) is 10.7 Å². The second-order valence-electron chi connectivity index (χ2n) is 6.54. The molecule has 0 fully saturated rings. The molecule has 25 heavy (non-hydrogen) atoms. The van der Waals surface area contributed by atoms with Crippen molar-refractivity contribution < 1.29 is 0 Å². The Morgan fingerprint density at radius 1 is 0.960 bits per heavy atom. The molecule has 0 saturated heterocycles. The topological polar surface area (TPSA) is 53.6 Å². The van der Waals surface area contributed by atoms with Crippen LogP contribution in [0.15, 0.2) is 47.5 Å². The minimum atomic E-state index is 0.466. The molecule has 2 rings (SSSR count). The van der Waals surface area contributed by atoms with Crippen molar-refractivity contribution in [1.82, 2.24) is 4.90 Å². The van der Waals surface area contributed by atoms with Crippen molar-refractivity contribution in [3.05, 3.63) is 64.7 Å². The maximum atomic E-state index is 6.13. The van der Waals surface area contributed by atoms with Crippen molar-refractivity contribution in [3.63, 3.8) is 0 Å². The van der Waals surface area contributed by atoms with Gasteiger partial charge in [-0.25, -0.2) is 4.99 Å². The first-order chi connectivity index (χ1) is 12.0. The molecule has 134 valence electrons. The molecule has 0 amide bonds. The first-order valence-corrected chi connectivity index (χ1v) is 8.93. The standard InChI is InChI=1S/C21H30N4/c1-5-18-8-7-9-19(6-2)20(18)24-21(22)23-14-16-10-12-17(13-11-16)15-25(3)4/h7-13H,5-6,14-15H2,1-4H3,(H3,22,23,24). The van der Waals surface area contributed by atoms with Crippen LogP contribution in [0.25, 0.3) is 0 Å². The number of benzene rings is 2. The van der Waals surface area contributed by atoms with Crippen LogP contribution in [0.3, 0.4) is 0 Å². The maximum absolute atomic E-state index is 6.13. The van der Waals surface area contributed by atoms with Crippen molar-refractivity contribution >= 4 is 11.6 Å². The molecule has 0 aliphatic rings. The van der Waals surface area contributed by atoms with E-state index in [1.807, 2.05) is 0 Å². The van der Waals surface area contributed by atoms with Gasteiger partial charge >= 0.3 is 0 Å².